The van der Waals surface area contributed by atoms with Crippen LogP contribution in [0, 0.1) is 6.92 Å². The Bertz CT molecular complexity index is 272. The molecular weight excluding hydrogens is 156 g/mol. The van der Waals surface area contributed by atoms with Crippen molar-refractivity contribution >= 4 is 0 Å². The summed E-state index contributed by atoms with van der Waals surface area (Å²) in [6.45, 7) is 4.47. The van der Waals surface area contributed by atoms with E-state index >= 15 is 0 Å². The molecule has 0 spiro atoms. The van der Waals surface area contributed by atoms with E-state index in [4.69, 9.17) is 0 Å². The fourth-order valence-electron chi connectivity index (χ4n) is 2.36. The van der Waals surface area contributed by atoms with E-state index in [0.29, 0.717) is 5.41 Å². The van der Waals surface area contributed by atoms with E-state index in [2.05, 4.69) is 38.1 Å². The van der Waals surface area contributed by atoms with Crippen LogP contribution in [0.2, 0.25) is 0 Å². The third-order valence-electron chi connectivity index (χ3n) is 3.65. The van der Waals surface area contributed by atoms with Gasteiger partial charge in [0.1, 0.15) is 0 Å². The van der Waals surface area contributed by atoms with Crippen LogP contribution in [0.5, 0.6) is 0 Å². The molecule has 0 radical (unpaired) electrons. The second-order valence-electron chi connectivity index (χ2n) is 4.35. The zero-order valence-corrected chi connectivity index (χ0v) is 8.64. The van der Waals surface area contributed by atoms with Crippen LogP contribution in [-0.2, 0) is 5.41 Å². The van der Waals surface area contributed by atoms with Crippen molar-refractivity contribution in [3.05, 3.63) is 35.4 Å². The van der Waals surface area contributed by atoms with E-state index in [1.807, 2.05) is 0 Å². The average Bonchev–Trinajstić information content (AvgIpc) is 2.07. The third-order valence-corrected chi connectivity index (χ3v) is 3.65. The molecule has 13 heavy (non-hydrogen) atoms. The van der Waals surface area contributed by atoms with Crippen molar-refractivity contribution in [2.45, 2.75) is 44.9 Å². The van der Waals surface area contributed by atoms with Gasteiger partial charge >= 0.3 is 0 Å². The Morgan fingerprint density at radius 3 is 2.15 bits per heavy atom. The molecule has 0 nitrogen and oxygen atoms in total. The Kier molecular flexibility index (Phi) is 2.15. The summed E-state index contributed by atoms with van der Waals surface area (Å²) in [4.78, 5) is 0. The van der Waals surface area contributed by atoms with Crippen molar-refractivity contribution in [1.29, 1.82) is 0 Å². The van der Waals surface area contributed by atoms with Gasteiger partial charge < -0.3 is 0 Å². The molecule has 0 heteroatoms. The molecule has 0 saturated heterocycles. The van der Waals surface area contributed by atoms with Crippen molar-refractivity contribution in [2.75, 3.05) is 0 Å². The maximum atomic E-state index is 2.32. The van der Waals surface area contributed by atoms with Gasteiger partial charge in [-0.15, -0.1) is 0 Å². The lowest BCUT2D eigenvalue weighted by atomic mass is 9.63. The third kappa shape index (κ3) is 1.39. The summed E-state index contributed by atoms with van der Waals surface area (Å²) in [5, 5.41) is 0. The van der Waals surface area contributed by atoms with Crippen LogP contribution < -0.4 is 0 Å². The highest BCUT2D eigenvalue weighted by Gasteiger charge is 2.36. The summed E-state index contributed by atoms with van der Waals surface area (Å²) < 4.78 is 0. The van der Waals surface area contributed by atoms with Gasteiger partial charge in [0.2, 0.25) is 0 Å². The minimum absolute atomic E-state index is 0.549. The number of benzene rings is 1. The minimum atomic E-state index is 0.549. The molecule has 1 fully saturated rings. The lowest BCUT2D eigenvalue weighted by molar-refractivity contribution is 0.235. The van der Waals surface area contributed by atoms with Crippen LogP contribution in [0.4, 0.5) is 0 Å². The van der Waals surface area contributed by atoms with E-state index in [1.54, 1.807) is 5.56 Å². The van der Waals surface area contributed by atoms with Crippen LogP contribution in [0.15, 0.2) is 24.3 Å². The highest BCUT2D eigenvalue weighted by molar-refractivity contribution is 5.30. The fraction of sp³-hybridized carbons (Fsp3) is 0.538. The van der Waals surface area contributed by atoms with E-state index in [0.717, 1.165) is 0 Å². The molecular formula is C13H18. The van der Waals surface area contributed by atoms with Gasteiger partial charge in [-0.1, -0.05) is 43.2 Å². The molecule has 0 aliphatic heterocycles. The van der Waals surface area contributed by atoms with Crippen molar-refractivity contribution in [3.63, 3.8) is 0 Å². The van der Waals surface area contributed by atoms with Gasteiger partial charge in [0.25, 0.3) is 0 Å². The zero-order chi connectivity index (χ0) is 9.31. The van der Waals surface area contributed by atoms with Crippen LogP contribution >= 0.6 is 0 Å². The average molecular weight is 174 g/mol. The normalized spacial score (nSPS) is 19.5. The van der Waals surface area contributed by atoms with Gasteiger partial charge in [0, 0.05) is 0 Å². The largest absolute Gasteiger partial charge is 0.0645 e. The van der Waals surface area contributed by atoms with Gasteiger partial charge in [-0.3, -0.25) is 0 Å². The van der Waals surface area contributed by atoms with Gasteiger partial charge in [-0.05, 0) is 37.2 Å². The highest BCUT2D eigenvalue weighted by atomic mass is 14.4. The zero-order valence-electron chi connectivity index (χ0n) is 8.64. The van der Waals surface area contributed by atoms with Crippen LogP contribution in [-0.4, -0.2) is 0 Å². The Labute approximate surface area is 81.0 Å². The maximum Gasteiger partial charge on any atom is -0.00496 e. The predicted molar refractivity (Wildman–Crippen MR) is 57.0 cm³/mol. The molecule has 0 amide bonds. The van der Waals surface area contributed by atoms with Gasteiger partial charge in [0.15, 0.2) is 0 Å². The first-order valence-electron chi connectivity index (χ1n) is 5.34. The topological polar surface area (TPSA) is 0 Å². The molecule has 1 saturated carbocycles. The molecule has 0 heterocycles. The van der Waals surface area contributed by atoms with Crippen molar-refractivity contribution < 1.29 is 0 Å². The standard InChI is InChI=1S/C13H18/c1-3-13(9-4-10-13)12-7-5-11(2)6-8-12/h5-8H,3-4,9-10H2,1-2H3. The first kappa shape index (κ1) is 8.80. The van der Waals surface area contributed by atoms with Gasteiger partial charge in [-0.2, -0.15) is 0 Å². The molecule has 1 aliphatic rings. The van der Waals surface area contributed by atoms with E-state index in [1.165, 1.54) is 31.2 Å². The van der Waals surface area contributed by atoms with E-state index < -0.39 is 0 Å². The first-order valence-corrected chi connectivity index (χ1v) is 5.34. The maximum absolute atomic E-state index is 2.32. The minimum Gasteiger partial charge on any atom is -0.0645 e. The Morgan fingerprint density at radius 1 is 1.15 bits per heavy atom. The molecule has 1 aromatic rings. The van der Waals surface area contributed by atoms with E-state index in [-0.39, 0.29) is 0 Å². The number of aryl methyl sites for hydroxylation is 1. The monoisotopic (exact) mass is 174 g/mol. The Hall–Kier alpha value is -0.780. The summed E-state index contributed by atoms with van der Waals surface area (Å²) in [6, 6.07) is 9.12. The predicted octanol–water partition coefficient (Wildman–Crippen LogP) is 3.83. The molecule has 0 bridgehead atoms. The highest BCUT2D eigenvalue weighted by Crippen LogP contribution is 2.46. The summed E-state index contributed by atoms with van der Waals surface area (Å²) in [7, 11) is 0. The van der Waals surface area contributed by atoms with Crippen LogP contribution in [0.1, 0.15) is 43.7 Å². The first-order chi connectivity index (χ1) is 6.27. The molecule has 0 aromatic heterocycles. The molecule has 2 rings (SSSR count). The summed E-state index contributed by atoms with van der Waals surface area (Å²) >= 11 is 0. The molecule has 0 unspecified atom stereocenters. The van der Waals surface area contributed by atoms with Gasteiger partial charge in [-0.25, -0.2) is 0 Å². The fourth-order valence-corrected chi connectivity index (χ4v) is 2.36. The Balaban J connectivity index is 2.28. The second kappa shape index (κ2) is 3.17. The summed E-state index contributed by atoms with van der Waals surface area (Å²) in [5.74, 6) is 0. The molecule has 1 aliphatic carbocycles. The van der Waals surface area contributed by atoms with Crippen molar-refractivity contribution in [3.8, 4) is 0 Å². The van der Waals surface area contributed by atoms with Crippen LogP contribution in [0.3, 0.4) is 0 Å². The lowest BCUT2D eigenvalue weighted by Crippen LogP contribution is -2.33. The summed E-state index contributed by atoms with van der Waals surface area (Å²) in [6.07, 6.45) is 5.51. The quantitative estimate of drug-likeness (QED) is 0.639. The van der Waals surface area contributed by atoms with Crippen molar-refractivity contribution in [2.24, 2.45) is 0 Å². The molecule has 0 atom stereocenters. The van der Waals surface area contributed by atoms with Crippen molar-refractivity contribution in [1.82, 2.24) is 0 Å². The lowest BCUT2D eigenvalue weighted by Gasteiger charge is -2.42. The molecule has 1 aromatic carbocycles. The molecule has 70 valence electrons. The Morgan fingerprint density at radius 2 is 1.77 bits per heavy atom. The summed E-state index contributed by atoms with van der Waals surface area (Å²) in [5.41, 5.74) is 3.48. The number of hydrogen-bond acceptors (Lipinski definition) is 0. The van der Waals surface area contributed by atoms with Gasteiger partial charge in [0.05, 0.1) is 0 Å². The van der Waals surface area contributed by atoms with Crippen LogP contribution in [0.25, 0.3) is 0 Å². The number of hydrogen-bond donors (Lipinski definition) is 0. The molecule has 0 N–H and O–H groups in total. The smallest absolute Gasteiger partial charge is 0.00496 e. The van der Waals surface area contributed by atoms with E-state index in [9.17, 15) is 0 Å². The number of rotatable bonds is 2. The SMILES string of the molecule is CCC1(c2ccc(C)cc2)CCC1. The second-order valence-corrected chi connectivity index (χ2v) is 4.35.